The van der Waals surface area contributed by atoms with Crippen molar-refractivity contribution in [1.29, 1.82) is 5.26 Å². The van der Waals surface area contributed by atoms with E-state index in [-0.39, 0.29) is 5.91 Å². The number of benzene rings is 1. The van der Waals surface area contributed by atoms with Crippen molar-refractivity contribution in [3.05, 3.63) is 29.8 Å². The normalized spacial score (nSPS) is 17.2. The molecule has 20 heavy (non-hydrogen) atoms. The van der Waals surface area contributed by atoms with Crippen molar-refractivity contribution in [2.24, 2.45) is 0 Å². The SMILES string of the molecule is CN1CCCN(CC(=O)Nc2cccc(C#N)c2)CC1. The third-order valence-corrected chi connectivity index (χ3v) is 3.45. The van der Waals surface area contributed by atoms with Gasteiger partial charge >= 0.3 is 0 Å². The minimum Gasteiger partial charge on any atom is -0.325 e. The van der Waals surface area contributed by atoms with E-state index in [2.05, 4.69) is 28.2 Å². The van der Waals surface area contributed by atoms with Crippen molar-refractivity contribution in [2.45, 2.75) is 6.42 Å². The Morgan fingerprint density at radius 2 is 2.20 bits per heavy atom. The zero-order chi connectivity index (χ0) is 14.4. The van der Waals surface area contributed by atoms with Crippen LogP contribution in [0.5, 0.6) is 0 Å². The number of likely N-dealkylation sites (N-methyl/N-ethyl adjacent to an activating group) is 1. The molecule has 1 aliphatic rings. The fourth-order valence-electron chi connectivity index (χ4n) is 2.33. The molecule has 5 heteroatoms. The minimum absolute atomic E-state index is 0.0235. The second-order valence-corrected chi connectivity index (χ2v) is 5.17. The predicted octanol–water partition coefficient (Wildman–Crippen LogP) is 1.13. The molecule has 0 bridgehead atoms. The van der Waals surface area contributed by atoms with Crippen LogP contribution < -0.4 is 5.32 Å². The van der Waals surface area contributed by atoms with Gasteiger partial charge in [-0.15, -0.1) is 0 Å². The van der Waals surface area contributed by atoms with Gasteiger partial charge < -0.3 is 10.2 Å². The highest BCUT2D eigenvalue weighted by molar-refractivity contribution is 5.92. The van der Waals surface area contributed by atoms with Gasteiger partial charge in [-0.2, -0.15) is 5.26 Å². The van der Waals surface area contributed by atoms with E-state index < -0.39 is 0 Å². The van der Waals surface area contributed by atoms with E-state index in [1.807, 2.05) is 0 Å². The van der Waals surface area contributed by atoms with Crippen LogP contribution in [-0.4, -0.2) is 55.5 Å². The molecule has 1 amide bonds. The van der Waals surface area contributed by atoms with Gasteiger partial charge in [-0.3, -0.25) is 9.69 Å². The van der Waals surface area contributed by atoms with Crippen LogP contribution in [0.1, 0.15) is 12.0 Å². The highest BCUT2D eigenvalue weighted by atomic mass is 16.2. The summed E-state index contributed by atoms with van der Waals surface area (Å²) in [6.07, 6.45) is 1.09. The first-order chi connectivity index (χ1) is 9.67. The van der Waals surface area contributed by atoms with Crippen molar-refractivity contribution >= 4 is 11.6 Å². The van der Waals surface area contributed by atoms with Crippen LogP contribution in [0.3, 0.4) is 0 Å². The number of nitrogens with one attached hydrogen (secondary N) is 1. The number of amides is 1. The van der Waals surface area contributed by atoms with Crippen LogP contribution in [0.2, 0.25) is 0 Å². The molecule has 1 aromatic carbocycles. The third kappa shape index (κ3) is 4.34. The number of rotatable bonds is 3. The lowest BCUT2D eigenvalue weighted by Crippen LogP contribution is -2.35. The van der Waals surface area contributed by atoms with Crippen LogP contribution in [0, 0.1) is 11.3 Å². The molecule has 1 saturated heterocycles. The van der Waals surface area contributed by atoms with Crippen LogP contribution >= 0.6 is 0 Å². The highest BCUT2D eigenvalue weighted by Gasteiger charge is 2.15. The molecule has 0 saturated carbocycles. The van der Waals surface area contributed by atoms with E-state index in [4.69, 9.17) is 5.26 Å². The highest BCUT2D eigenvalue weighted by Crippen LogP contribution is 2.10. The molecule has 0 spiro atoms. The number of anilines is 1. The lowest BCUT2D eigenvalue weighted by molar-refractivity contribution is -0.117. The fraction of sp³-hybridized carbons (Fsp3) is 0.467. The lowest BCUT2D eigenvalue weighted by Gasteiger charge is -2.19. The Balaban J connectivity index is 1.87. The Kier molecular flexibility index (Phi) is 5.10. The number of nitrogens with zero attached hydrogens (tertiary/aromatic N) is 3. The average molecular weight is 272 g/mol. The molecule has 1 aliphatic heterocycles. The van der Waals surface area contributed by atoms with Gasteiger partial charge in [-0.05, 0) is 44.8 Å². The maximum atomic E-state index is 12.0. The van der Waals surface area contributed by atoms with E-state index in [0.717, 1.165) is 32.6 Å². The lowest BCUT2D eigenvalue weighted by atomic mass is 10.2. The fourth-order valence-corrected chi connectivity index (χ4v) is 2.33. The monoisotopic (exact) mass is 272 g/mol. The van der Waals surface area contributed by atoms with Crippen molar-refractivity contribution in [1.82, 2.24) is 9.80 Å². The molecule has 1 N–H and O–H groups in total. The van der Waals surface area contributed by atoms with Crippen LogP contribution in [0.4, 0.5) is 5.69 Å². The minimum atomic E-state index is -0.0235. The number of carbonyl (C=O) groups excluding carboxylic acids is 1. The van der Waals surface area contributed by atoms with E-state index in [9.17, 15) is 4.79 Å². The molecule has 106 valence electrons. The van der Waals surface area contributed by atoms with Gasteiger partial charge in [0.15, 0.2) is 0 Å². The molecule has 5 nitrogen and oxygen atoms in total. The summed E-state index contributed by atoms with van der Waals surface area (Å²) in [5.41, 5.74) is 1.24. The van der Waals surface area contributed by atoms with Gasteiger partial charge in [0, 0.05) is 18.8 Å². The van der Waals surface area contributed by atoms with E-state index >= 15 is 0 Å². The van der Waals surface area contributed by atoms with Crippen LogP contribution in [0.25, 0.3) is 0 Å². The Labute approximate surface area is 119 Å². The first-order valence-corrected chi connectivity index (χ1v) is 6.88. The molecular weight excluding hydrogens is 252 g/mol. The van der Waals surface area contributed by atoms with Gasteiger partial charge in [-0.25, -0.2) is 0 Å². The molecule has 1 aromatic rings. The molecule has 0 aromatic heterocycles. The number of hydrogen-bond acceptors (Lipinski definition) is 4. The van der Waals surface area contributed by atoms with Gasteiger partial charge in [0.05, 0.1) is 18.2 Å². The van der Waals surface area contributed by atoms with E-state index in [1.54, 1.807) is 24.3 Å². The quantitative estimate of drug-likeness (QED) is 0.896. The maximum Gasteiger partial charge on any atom is 0.238 e. The second kappa shape index (κ2) is 7.04. The smallest absolute Gasteiger partial charge is 0.238 e. The summed E-state index contributed by atoms with van der Waals surface area (Å²) >= 11 is 0. The summed E-state index contributed by atoms with van der Waals surface area (Å²) < 4.78 is 0. The Morgan fingerprint density at radius 3 is 3.00 bits per heavy atom. The maximum absolute atomic E-state index is 12.0. The molecule has 0 aliphatic carbocycles. The Hall–Kier alpha value is -1.90. The standard InChI is InChI=1S/C15H20N4O/c1-18-6-3-7-19(9-8-18)12-15(20)17-14-5-2-4-13(10-14)11-16/h2,4-5,10H,3,6-9,12H2,1H3,(H,17,20). The van der Waals surface area contributed by atoms with Crippen molar-refractivity contribution in [2.75, 3.05) is 45.1 Å². The molecule has 0 unspecified atom stereocenters. The number of hydrogen-bond donors (Lipinski definition) is 1. The van der Waals surface area contributed by atoms with Gasteiger partial charge in [-0.1, -0.05) is 6.07 Å². The summed E-state index contributed by atoms with van der Waals surface area (Å²) in [5, 5.41) is 11.7. The zero-order valence-corrected chi connectivity index (χ0v) is 11.8. The van der Waals surface area contributed by atoms with Gasteiger partial charge in [0.25, 0.3) is 0 Å². The summed E-state index contributed by atoms with van der Waals surface area (Å²) in [6.45, 7) is 4.36. The zero-order valence-electron chi connectivity index (χ0n) is 11.8. The topological polar surface area (TPSA) is 59.4 Å². The van der Waals surface area contributed by atoms with Gasteiger partial charge in [0.2, 0.25) is 5.91 Å². The Bertz CT molecular complexity index is 509. The average Bonchev–Trinajstić information content (AvgIpc) is 2.64. The summed E-state index contributed by atoms with van der Waals surface area (Å²) in [7, 11) is 2.11. The molecule has 2 rings (SSSR count). The first-order valence-electron chi connectivity index (χ1n) is 6.88. The predicted molar refractivity (Wildman–Crippen MR) is 78.3 cm³/mol. The molecule has 1 heterocycles. The second-order valence-electron chi connectivity index (χ2n) is 5.17. The van der Waals surface area contributed by atoms with Crippen molar-refractivity contribution in [3.8, 4) is 6.07 Å². The molecular formula is C15H20N4O. The summed E-state index contributed by atoms with van der Waals surface area (Å²) in [4.78, 5) is 16.5. The van der Waals surface area contributed by atoms with E-state index in [1.165, 1.54) is 0 Å². The summed E-state index contributed by atoms with van der Waals surface area (Å²) in [6, 6.07) is 9.05. The molecule has 1 fully saturated rings. The molecule has 0 radical (unpaired) electrons. The Morgan fingerprint density at radius 1 is 1.35 bits per heavy atom. The largest absolute Gasteiger partial charge is 0.325 e. The van der Waals surface area contributed by atoms with Crippen LogP contribution in [-0.2, 0) is 4.79 Å². The van der Waals surface area contributed by atoms with E-state index in [0.29, 0.717) is 17.8 Å². The molecule has 0 atom stereocenters. The van der Waals surface area contributed by atoms with Gasteiger partial charge in [0.1, 0.15) is 0 Å². The van der Waals surface area contributed by atoms with Crippen LogP contribution in [0.15, 0.2) is 24.3 Å². The summed E-state index contributed by atoms with van der Waals surface area (Å²) in [5.74, 6) is -0.0235. The number of nitriles is 1. The van der Waals surface area contributed by atoms with Crippen molar-refractivity contribution in [3.63, 3.8) is 0 Å². The number of carbonyl (C=O) groups is 1. The first kappa shape index (κ1) is 14.5. The van der Waals surface area contributed by atoms with Crippen molar-refractivity contribution < 1.29 is 4.79 Å². The third-order valence-electron chi connectivity index (χ3n) is 3.45.